The summed E-state index contributed by atoms with van der Waals surface area (Å²) < 4.78 is 10.4. The molecule has 1 unspecified atom stereocenters. The van der Waals surface area contributed by atoms with Gasteiger partial charge in [0.1, 0.15) is 5.75 Å². The molecular formula is C11H18N2O2. The third kappa shape index (κ3) is 2.46. The number of pyridine rings is 1. The van der Waals surface area contributed by atoms with Crippen molar-refractivity contribution in [3.8, 4) is 5.75 Å². The van der Waals surface area contributed by atoms with E-state index in [-0.39, 0.29) is 6.04 Å². The maximum Gasteiger partial charge on any atom is 0.145 e. The van der Waals surface area contributed by atoms with E-state index in [0.717, 1.165) is 22.6 Å². The van der Waals surface area contributed by atoms with Gasteiger partial charge in [-0.1, -0.05) is 0 Å². The fourth-order valence-electron chi connectivity index (χ4n) is 1.67. The van der Waals surface area contributed by atoms with Crippen LogP contribution in [0.5, 0.6) is 5.75 Å². The van der Waals surface area contributed by atoms with Gasteiger partial charge < -0.3 is 15.2 Å². The lowest BCUT2D eigenvalue weighted by Gasteiger charge is -2.17. The highest BCUT2D eigenvalue weighted by atomic mass is 16.5. The predicted molar refractivity (Wildman–Crippen MR) is 58.8 cm³/mol. The van der Waals surface area contributed by atoms with E-state index < -0.39 is 0 Å². The molecule has 0 aliphatic heterocycles. The number of hydrogen-bond donors (Lipinski definition) is 1. The molecule has 0 aromatic carbocycles. The topological polar surface area (TPSA) is 57.4 Å². The third-order valence-corrected chi connectivity index (χ3v) is 2.29. The van der Waals surface area contributed by atoms with E-state index in [0.29, 0.717) is 6.61 Å². The lowest BCUT2D eigenvalue weighted by atomic mass is 10.0. The molecule has 0 radical (unpaired) electrons. The molecule has 0 fully saturated rings. The fourth-order valence-corrected chi connectivity index (χ4v) is 1.67. The molecule has 2 N–H and O–H groups in total. The summed E-state index contributed by atoms with van der Waals surface area (Å²) in [5.74, 6) is 0.763. The van der Waals surface area contributed by atoms with Gasteiger partial charge in [-0.3, -0.25) is 4.98 Å². The number of aryl methyl sites for hydroxylation is 1. The second-order valence-corrected chi connectivity index (χ2v) is 3.54. The van der Waals surface area contributed by atoms with Crippen molar-refractivity contribution in [2.45, 2.75) is 26.5 Å². The van der Waals surface area contributed by atoms with Gasteiger partial charge in [0.25, 0.3) is 0 Å². The Hall–Kier alpha value is -1.13. The van der Waals surface area contributed by atoms with Crippen LogP contribution in [0.1, 0.15) is 29.8 Å². The molecule has 0 aliphatic rings. The molecule has 1 aromatic heterocycles. The van der Waals surface area contributed by atoms with Crippen molar-refractivity contribution in [3.63, 3.8) is 0 Å². The second-order valence-electron chi connectivity index (χ2n) is 3.54. The van der Waals surface area contributed by atoms with Gasteiger partial charge >= 0.3 is 0 Å². The summed E-state index contributed by atoms with van der Waals surface area (Å²) in [6.07, 6.45) is 1.79. The molecule has 4 heteroatoms. The van der Waals surface area contributed by atoms with E-state index in [1.54, 1.807) is 20.4 Å². The smallest absolute Gasteiger partial charge is 0.145 e. The van der Waals surface area contributed by atoms with Crippen molar-refractivity contribution in [1.29, 1.82) is 0 Å². The standard InChI is InChI=1S/C11H18N2O2/c1-7(12)10-9(6-14-3)5-13-8(2)11(10)15-4/h5,7H,6,12H2,1-4H3. The Labute approximate surface area is 90.4 Å². The Balaban J connectivity index is 3.28. The number of ether oxygens (including phenoxy) is 2. The highest BCUT2D eigenvalue weighted by molar-refractivity contribution is 5.43. The largest absolute Gasteiger partial charge is 0.494 e. The number of nitrogens with zero attached hydrogens (tertiary/aromatic N) is 1. The maximum atomic E-state index is 5.93. The average Bonchev–Trinajstić information content (AvgIpc) is 2.20. The van der Waals surface area contributed by atoms with Crippen LogP contribution in [0, 0.1) is 6.92 Å². The third-order valence-electron chi connectivity index (χ3n) is 2.29. The molecule has 0 bridgehead atoms. The van der Waals surface area contributed by atoms with E-state index in [4.69, 9.17) is 15.2 Å². The normalized spacial score (nSPS) is 12.6. The minimum Gasteiger partial charge on any atom is -0.494 e. The zero-order valence-electron chi connectivity index (χ0n) is 9.70. The molecule has 0 saturated carbocycles. The molecule has 0 saturated heterocycles. The summed E-state index contributed by atoms with van der Waals surface area (Å²) in [4.78, 5) is 4.25. The first kappa shape index (κ1) is 11.9. The van der Waals surface area contributed by atoms with Crippen LogP contribution in [0.15, 0.2) is 6.20 Å². The minimum atomic E-state index is -0.0909. The Morgan fingerprint density at radius 1 is 1.47 bits per heavy atom. The van der Waals surface area contributed by atoms with Crippen molar-refractivity contribution in [2.24, 2.45) is 5.73 Å². The van der Waals surface area contributed by atoms with Gasteiger partial charge in [0.05, 0.1) is 19.4 Å². The Morgan fingerprint density at radius 3 is 2.60 bits per heavy atom. The summed E-state index contributed by atoms with van der Waals surface area (Å²) in [6.45, 7) is 4.33. The minimum absolute atomic E-state index is 0.0909. The average molecular weight is 210 g/mol. The van der Waals surface area contributed by atoms with Gasteiger partial charge in [-0.25, -0.2) is 0 Å². The number of rotatable bonds is 4. The molecular weight excluding hydrogens is 192 g/mol. The fraction of sp³-hybridized carbons (Fsp3) is 0.545. The van der Waals surface area contributed by atoms with Crippen LogP contribution in [0.2, 0.25) is 0 Å². The van der Waals surface area contributed by atoms with Gasteiger partial charge in [0.15, 0.2) is 0 Å². The van der Waals surface area contributed by atoms with Crippen LogP contribution < -0.4 is 10.5 Å². The van der Waals surface area contributed by atoms with Crippen LogP contribution in [0.25, 0.3) is 0 Å². The first-order valence-corrected chi connectivity index (χ1v) is 4.88. The highest BCUT2D eigenvalue weighted by Gasteiger charge is 2.16. The summed E-state index contributed by atoms with van der Waals surface area (Å²) in [5.41, 5.74) is 8.74. The molecule has 0 amide bonds. The highest BCUT2D eigenvalue weighted by Crippen LogP contribution is 2.29. The molecule has 1 heterocycles. The van der Waals surface area contributed by atoms with Gasteiger partial charge in [-0.2, -0.15) is 0 Å². The van der Waals surface area contributed by atoms with E-state index in [1.807, 2.05) is 13.8 Å². The van der Waals surface area contributed by atoms with Gasteiger partial charge in [-0.15, -0.1) is 0 Å². The monoisotopic (exact) mass is 210 g/mol. The summed E-state index contributed by atoms with van der Waals surface area (Å²) in [5, 5.41) is 0. The van der Waals surface area contributed by atoms with Crippen LogP contribution >= 0.6 is 0 Å². The summed E-state index contributed by atoms with van der Waals surface area (Å²) in [6, 6.07) is -0.0909. The number of nitrogens with two attached hydrogens (primary N) is 1. The molecule has 84 valence electrons. The summed E-state index contributed by atoms with van der Waals surface area (Å²) in [7, 11) is 3.28. The Bertz CT molecular complexity index is 338. The van der Waals surface area contributed by atoms with Gasteiger partial charge in [-0.05, 0) is 13.8 Å². The van der Waals surface area contributed by atoms with Crippen molar-refractivity contribution >= 4 is 0 Å². The lowest BCUT2D eigenvalue weighted by Crippen LogP contribution is -2.12. The van der Waals surface area contributed by atoms with Gasteiger partial charge in [0, 0.05) is 30.5 Å². The van der Waals surface area contributed by atoms with Crippen molar-refractivity contribution in [1.82, 2.24) is 4.98 Å². The van der Waals surface area contributed by atoms with Crippen LogP contribution in [0.3, 0.4) is 0 Å². The number of hydrogen-bond acceptors (Lipinski definition) is 4. The van der Waals surface area contributed by atoms with E-state index in [1.165, 1.54) is 0 Å². The van der Waals surface area contributed by atoms with Crippen LogP contribution in [0.4, 0.5) is 0 Å². The predicted octanol–water partition coefficient (Wildman–Crippen LogP) is 1.56. The SMILES string of the molecule is COCc1cnc(C)c(OC)c1C(C)N. The quantitative estimate of drug-likeness (QED) is 0.819. The zero-order chi connectivity index (χ0) is 11.4. The van der Waals surface area contributed by atoms with E-state index >= 15 is 0 Å². The van der Waals surface area contributed by atoms with Crippen LogP contribution in [-0.4, -0.2) is 19.2 Å². The molecule has 15 heavy (non-hydrogen) atoms. The molecule has 1 aromatic rings. The Kier molecular flexibility index (Phi) is 4.05. The zero-order valence-corrected chi connectivity index (χ0v) is 9.70. The van der Waals surface area contributed by atoms with E-state index in [2.05, 4.69) is 4.98 Å². The maximum absolute atomic E-state index is 5.93. The molecule has 1 rings (SSSR count). The second kappa shape index (κ2) is 5.09. The summed E-state index contributed by atoms with van der Waals surface area (Å²) >= 11 is 0. The number of methoxy groups -OCH3 is 2. The first-order chi connectivity index (χ1) is 7.11. The Morgan fingerprint density at radius 2 is 2.13 bits per heavy atom. The molecule has 1 atom stereocenters. The van der Waals surface area contributed by atoms with E-state index in [9.17, 15) is 0 Å². The molecule has 4 nitrogen and oxygen atoms in total. The van der Waals surface area contributed by atoms with Crippen molar-refractivity contribution in [3.05, 3.63) is 23.0 Å². The first-order valence-electron chi connectivity index (χ1n) is 4.88. The lowest BCUT2D eigenvalue weighted by molar-refractivity contribution is 0.183. The van der Waals surface area contributed by atoms with Crippen molar-refractivity contribution < 1.29 is 9.47 Å². The molecule has 0 spiro atoms. The molecule has 0 aliphatic carbocycles. The van der Waals surface area contributed by atoms with Crippen LogP contribution in [-0.2, 0) is 11.3 Å². The van der Waals surface area contributed by atoms with Crippen molar-refractivity contribution in [2.75, 3.05) is 14.2 Å². The van der Waals surface area contributed by atoms with Gasteiger partial charge in [0.2, 0.25) is 0 Å². The number of aromatic nitrogens is 1.